The second kappa shape index (κ2) is 8.14. The molecular formula is C21H25NO7. The van der Waals surface area contributed by atoms with Crippen molar-refractivity contribution in [1.82, 2.24) is 5.32 Å². The number of benzene rings is 1. The molecule has 8 nitrogen and oxygen atoms in total. The smallest absolute Gasteiger partial charge is 0.340 e. The Balaban J connectivity index is 1.79. The first-order chi connectivity index (χ1) is 13.7. The van der Waals surface area contributed by atoms with Crippen LogP contribution >= 0.6 is 0 Å². The monoisotopic (exact) mass is 403 g/mol. The minimum absolute atomic E-state index is 0.00177. The van der Waals surface area contributed by atoms with E-state index in [4.69, 9.17) is 4.42 Å². The number of aryl methyl sites for hydroxylation is 1. The summed E-state index contributed by atoms with van der Waals surface area (Å²) in [7, 11) is 0. The molecule has 1 aliphatic rings. The van der Waals surface area contributed by atoms with Crippen LogP contribution in [-0.4, -0.2) is 33.7 Å². The first-order valence-electron chi connectivity index (χ1n) is 9.67. The Morgan fingerprint density at radius 1 is 1.17 bits per heavy atom. The van der Waals surface area contributed by atoms with Crippen molar-refractivity contribution in [3.8, 4) is 11.5 Å². The highest BCUT2D eigenvalue weighted by atomic mass is 16.4. The van der Waals surface area contributed by atoms with Gasteiger partial charge < -0.3 is 25.1 Å². The van der Waals surface area contributed by atoms with Crippen LogP contribution in [0.15, 0.2) is 21.3 Å². The van der Waals surface area contributed by atoms with E-state index in [-0.39, 0.29) is 47.4 Å². The molecule has 29 heavy (non-hydrogen) atoms. The van der Waals surface area contributed by atoms with Gasteiger partial charge in [0, 0.05) is 18.7 Å². The van der Waals surface area contributed by atoms with Gasteiger partial charge >= 0.3 is 11.6 Å². The molecule has 8 heteroatoms. The lowest BCUT2D eigenvalue weighted by Crippen LogP contribution is -2.41. The van der Waals surface area contributed by atoms with Gasteiger partial charge in [-0.05, 0) is 30.7 Å². The number of phenols is 2. The van der Waals surface area contributed by atoms with Gasteiger partial charge in [0.15, 0.2) is 0 Å². The minimum Gasteiger partial charge on any atom is -0.508 e. The van der Waals surface area contributed by atoms with Crippen LogP contribution in [0.3, 0.4) is 0 Å². The van der Waals surface area contributed by atoms with Crippen molar-refractivity contribution >= 4 is 22.8 Å². The Labute approximate surface area is 167 Å². The molecule has 1 aromatic heterocycles. The van der Waals surface area contributed by atoms with E-state index < -0.39 is 22.9 Å². The van der Waals surface area contributed by atoms with Crippen molar-refractivity contribution < 1.29 is 29.3 Å². The SMILES string of the molecule is Cc1c(CC(=O)NCC2(CC(=O)O)CCCCC2)c(=O)oc2cc(O)cc(O)c12. The second-order valence-corrected chi connectivity index (χ2v) is 7.92. The van der Waals surface area contributed by atoms with Crippen LogP contribution in [0.4, 0.5) is 0 Å². The standard InChI is InChI=1S/C21H25NO7/c1-12-14(20(28)29-16-8-13(23)7-15(24)19(12)16)9-17(25)22-11-21(10-18(26)27)5-3-2-4-6-21/h7-8,23-24H,2-6,9-11H2,1H3,(H,22,25)(H,26,27). The van der Waals surface area contributed by atoms with Gasteiger partial charge in [-0.25, -0.2) is 4.79 Å². The molecule has 1 aliphatic carbocycles. The maximum atomic E-state index is 12.5. The molecule has 0 atom stereocenters. The number of amides is 1. The van der Waals surface area contributed by atoms with E-state index >= 15 is 0 Å². The number of hydrogen-bond donors (Lipinski definition) is 4. The Hall–Kier alpha value is -3.03. The van der Waals surface area contributed by atoms with Crippen LogP contribution in [0.25, 0.3) is 11.0 Å². The predicted molar refractivity (Wildman–Crippen MR) is 105 cm³/mol. The van der Waals surface area contributed by atoms with Crippen LogP contribution < -0.4 is 10.9 Å². The first-order valence-corrected chi connectivity index (χ1v) is 9.67. The maximum absolute atomic E-state index is 12.5. The largest absolute Gasteiger partial charge is 0.508 e. The summed E-state index contributed by atoms with van der Waals surface area (Å²) in [5.41, 5.74) is -0.614. The number of carbonyl (C=O) groups excluding carboxylic acids is 1. The van der Waals surface area contributed by atoms with Gasteiger partial charge in [-0.2, -0.15) is 0 Å². The fraction of sp³-hybridized carbons (Fsp3) is 0.476. The van der Waals surface area contributed by atoms with E-state index in [0.717, 1.165) is 38.2 Å². The lowest BCUT2D eigenvalue weighted by molar-refractivity contribution is -0.140. The molecule has 4 N–H and O–H groups in total. The molecule has 1 saturated carbocycles. The highest BCUT2D eigenvalue weighted by molar-refractivity contribution is 5.90. The number of hydrogen-bond acceptors (Lipinski definition) is 6. The highest BCUT2D eigenvalue weighted by Gasteiger charge is 2.34. The Bertz CT molecular complexity index is 1000. The van der Waals surface area contributed by atoms with Gasteiger partial charge in [0.2, 0.25) is 5.91 Å². The molecule has 0 spiro atoms. The molecule has 156 valence electrons. The molecular weight excluding hydrogens is 378 g/mol. The van der Waals surface area contributed by atoms with Crippen LogP contribution in [0.5, 0.6) is 11.5 Å². The molecule has 2 aromatic rings. The van der Waals surface area contributed by atoms with Gasteiger partial charge in [0.25, 0.3) is 0 Å². The number of carboxylic acid groups (broad SMARTS) is 1. The third-order valence-corrected chi connectivity index (χ3v) is 5.78. The molecule has 0 bridgehead atoms. The Kier molecular flexibility index (Phi) is 5.81. The molecule has 1 heterocycles. The lowest BCUT2D eigenvalue weighted by atomic mass is 9.71. The fourth-order valence-corrected chi connectivity index (χ4v) is 4.26. The molecule has 3 rings (SSSR count). The van der Waals surface area contributed by atoms with Crippen molar-refractivity contribution in [3.63, 3.8) is 0 Å². The molecule has 0 aliphatic heterocycles. The second-order valence-electron chi connectivity index (χ2n) is 7.92. The summed E-state index contributed by atoms with van der Waals surface area (Å²) in [4.78, 5) is 36.1. The molecule has 1 fully saturated rings. The summed E-state index contributed by atoms with van der Waals surface area (Å²) in [6.45, 7) is 1.85. The van der Waals surface area contributed by atoms with Crippen LogP contribution in [-0.2, 0) is 16.0 Å². The number of carboxylic acids is 1. The van der Waals surface area contributed by atoms with Crippen molar-refractivity contribution in [2.24, 2.45) is 5.41 Å². The number of aromatic hydroxyl groups is 2. The number of nitrogens with one attached hydrogen (secondary N) is 1. The average molecular weight is 403 g/mol. The molecule has 0 saturated heterocycles. The van der Waals surface area contributed by atoms with Gasteiger partial charge in [-0.15, -0.1) is 0 Å². The summed E-state index contributed by atoms with van der Waals surface area (Å²) in [5.74, 6) is -1.77. The molecule has 0 radical (unpaired) electrons. The summed E-state index contributed by atoms with van der Waals surface area (Å²) >= 11 is 0. The van der Waals surface area contributed by atoms with Crippen molar-refractivity contribution in [2.45, 2.75) is 51.9 Å². The van der Waals surface area contributed by atoms with E-state index in [1.807, 2.05) is 0 Å². The van der Waals surface area contributed by atoms with E-state index in [1.165, 1.54) is 6.07 Å². The first kappa shape index (κ1) is 20.7. The predicted octanol–water partition coefficient (Wildman–Crippen LogP) is 2.60. The van der Waals surface area contributed by atoms with E-state index in [9.17, 15) is 29.7 Å². The van der Waals surface area contributed by atoms with Gasteiger partial charge in [0.1, 0.15) is 17.1 Å². The average Bonchev–Trinajstić information content (AvgIpc) is 2.63. The fourth-order valence-electron chi connectivity index (χ4n) is 4.26. The summed E-state index contributed by atoms with van der Waals surface area (Å²) in [6, 6.07) is 2.37. The van der Waals surface area contributed by atoms with E-state index in [1.54, 1.807) is 6.92 Å². The Morgan fingerprint density at radius 3 is 2.52 bits per heavy atom. The van der Waals surface area contributed by atoms with Crippen LogP contribution in [0.1, 0.15) is 49.7 Å². The van der Waals surface area contributed by atoms with E-state index in [0.29, 0.717) is 5.56 Å². The van der Waals surface area contributed by atoms with Crippen molar-refractivity contribution in [1.29, 1.82) is 0 Å². The zero-order valence-electron chi connectivity index (χ0n) is 16.3. The number of carbonyl (C=O) groups is 2. The number of phenolic OH excluding ortho intramolecular Hbond substituents is 2. The topological polar surface area (TPSA) is 137 Å². The lowest BCUT2D eigenvalue weighted by Gasteiger charge is -2.36. The zero-order chi connectivity index (χ0) is 21.2. The van der Waals surface area contributed by atoms with Gasteiger partial charge in [0.05, 0.1) is 23.8 Å². The van der Waals surface area contributed by atoms with Crippen molar-refractivity contribution in [2.75, 3.05) is 6.54 Å². The van der Waals surface area contributed by atoms with Crippen LogP contribution in [0, 0.1) is 12.3 Å². The maximum Gasteiger partial charge on any atom is 0.340 e. The number of fused-ring (bicyclic) bond motifs is 1. The minimum atomic E-state index is -0.883. The third-order valence-electron chi connectivity index (χ3n) is 5.78. The summed E-state index contributed by atoms with van der Waals surface area (Å²) < 4.78 is 5.17. The third kappa shape index (κ3) is 4.52. The normalized spacial score (nSPS) is 15.9. The van der Waals surface area contributed by atoms with E-state index in [2.05, 4.69) is 5.32 Å². The van der Waals surface area contributed by atoms with Gasteiger partial charge in [-0.3, -0.25) is 9.59 Å². The number of aliphatic carboxylic acids is 1. The number of rotatable bonds is 6. The molecule has 0 unspecified atom stereocenters. The summed E-state index contributed by atoms with van der Waals surface area (Å²) in [6.07, 6.45) is 4.18. The molecule has 1 amide bonds. The quantitative estimate of drug-likeness (QED) is 0.544. The zero-order valence-corrected chi connectivity index (χ0v) is 16.3. The van der Waals surface area contributed by atoms with Crippen LogP contribution in [0.2, 0.25) is 0 Å². The van der Waals surface area contributed by atoms with Crippen molar-refractivity contribution in [3.05, 3.63) is 33.7 Å². The van der Waals surface area contributed by atoms with Gasteiger partial charge in [-0.1, -0.05) is 19.3 Å². The summed E-state index contributed by atoms with van der Waals surface area (Å²) in [5, 5.41) is 31.9. The highest BCUT2D eigenvalue weighted by Crippen LogP contribution is 2.39. The Morgan fingerprint density at radius 2 is 1.86 bits per heavy atom. The molecule has 1 aromatic carbocycles.